The van der Waals surface area contributed by atoms with Gasteiger partial charge < -0.3 is 5.32 Å². The first kappa shape index (κ1) is 20.8. The van der Waals surface area contributed by atoms with Crippen molar-refractivity contribution in [2.75, 3.05) is 11.6 Å². The molecule has 3 aromatic carbocycles. The monoisotopic (exact) mass is 434 g/mol. The summed E-state index contributed by atoms with van der Waals surface area (Å²) in [6, 6.07) is 16.0. The summed E-state index contributed by atoms with van der Waals surface area (Å²) in [5.74, 6) is -0.433. The first-order valence-electron chi connectivity index (χ1n) is 8.41. The van der Waals surface area contributed by atoms with Crippen LogP contribution in [0, 0.1) is 15.9 Å². The third-order valence-electron chi connectivity index (χ3n) is 4.23. The van der Waals surface area contributed by atoms with Gasteiger partial charge >= 0.3 is 0 Å². The van der Waals surface area contributed by atoms with Crippen molar-refractivity contribution >= 4 is 32.8 Å². The number of halogens is 2. The van der Waals surface area contributed by atoms with Gasteiger partial charge in [-0.1, -0.05) is 35.9 Å². The maximum atomic E-state index is 13.8. The summed E-state index contributed by atoms with van der Waals surface area (Å²) in [5, 5.41) is 14.8. The molecule has 9 heteroatoms. The minimum atomic E-state index is -3.84. The van der Waals surface area contributed by atoms with Gasteiger partial charge in [0.25, 0.3) is 5.69 Å². The number of nitrogens with zero attached hydrogens (tertiary/aromatic N) is 1. The molecule has 0 aliphatic heterocycles. The average Bonchev–Trinajstić information content (AvgIpc) is 2.65. The minimum absolute atomic E-state index is 0.324. The van der Waals surface area contributed by atoms with Gasteiger partial charge in [-0.25, -0.2) is 12.8 Å². The van der Waals surface area contributed by atoms with Gasteiger partial charge in [-0.05, 0) is 47.5 Å². The van der Waals surface area contributed by atoms with E-state index in [-0.39, 0.29) is 0 Å². The highest BCUT2D eigenvalue weighted by atomic mass is 35.5. The van der Waals surface area contributed by atoms with Crippen molar-refractivity contribution in [1.29, 1.82) is 0 Å². The van der Waals surface area contributed by atoms with Crippen LogP contribution in [0.4, 0.5) is 15.8 Å². The Labute approximate surface area is 172 Å². The smallest absolute Gasteiger partial charge is 0.288 e. The van der Waals surface area contributed by atoms with Gasteiger partial charge in [-0.2, -0.15) is 0 Å². The van der Waals surface area contributed by atoms with Crippen LogP contribution in [-0.4, -0.2) is 19.6 Å². The van der Waals surface area contributed by atoms with Crippen LogP contribution in [0.1, 0.15) is 17.2 Å². The Bertz CT molecular complexity index is 1140. The summed E-state index contributed by atoms with van der Waals surface area (Å²) >= 11 is 6.10. The molecule has 0 radical (unpaired) electrons. The average molecular weight is 435 g/mol. The summed E-state index contributed by atoms with van der Waals surface area (Å²) in [7, 11) is -3.84. The molecule has 0 bridgehead atoms. The van der Waals surface area contributed by atoms with Gasteiger partial charge in [0.05, 0.1) is 11.0 Å². The molecule has 0 aliphatic carbocycles. The Morgan fingerprint density at radius 1 is 1.03 bits per heavy atom. The Hall–Kier alpha value is -2.97. The lowest BCUT2D eigenvalue weighted by Crippen LogP contribution is -2.13. The number of sulfone groups is 1. The fourth-order valence-electron chi connectivity index (χ4n) is 2.95. The predicted octanol–water partition coefficient (Wildman–Crippen LogP) is 4.99. The third kappa shape index (κ3) is 4.90. The molecule has 1 atom stereocenters. The van der Waals surface area contributed by atoms with Crippen molar-refractivity contribution in [3.8, 4) is 0 Å². The van der Waals surface area contributed by atoms with Crippen molar-refractivity contribution in [2.24, 2.45) is 0 Å². The standard InChI is InChI=1S/C20H16ClFN2O4S/c1-29(27,28)19-12-17(8-9-18(19)24(25)26)23-20(13-4-2-6-15(21)10-13)14-5-3-7-16(22)11-14/h2-12,20,23H,1H3. The maximum absolute atomic E-state index is 13.8. The van der Waals surface area contributed by atoms with Gasteiger partial charge in [0, 0.05) is 23.0 Å². The van der Waals surface area contributed by atoms with Crippen LogP contribution in [0.2, 0.25) is 5.02 Å². The molecule has 3 aromatic rings. The lowest BCUT2D eigenvalue weighted by molar-refractivity contribution is -0.387. The van der Waals surface area contributed by atoms with Crippen LogP contribution in [0.15, 0.2) is 71.6 Å². The Balaban J connectivity index is 2.10. The van der Waals surface area contributed by atoms with E-state index in [2.05, 4.69) is 5.32 Å². The fourth-order valence-corrected chi connectivity index (χ4v) is 4.01. The van der Waals surface area contributed by atoms with Crippen LogP contribution >= 0.6 is 11.6 Å². The van der Waals surface area contributed by atoms with Crippen LogP contribution in [-0.2, 0) is 9.84 Å². The molecule has 0 amide bonds. The van der Waals surface area contributed by atoms with Crippen molar-refractivity contribution in [2.45, 2.75) is 10.9 Å². The van der Waals surface area contributed by atoms with E-state index in [1.54, 1.807) is 36.4 Å². The van der Waals surface area contributed by atoms with Crippen LogP contribution in [0.5, 0.6) is 0 Å². The van der Waals surface area contributed by atoms with Gasteiger partial charge in [-0.15, -0.1) is 0 Å². The van der Waals surface area contributed by atoms with E-state index in [9.17, 15) is 22.9 Å². The second-order valence-corrected chi connectivity index (χ2v) is 8.82. The summed E-state index contributed by atoms with van der Waals surface area (Å²) in [6.07, 6.45) is 0.903. The normalized spacial score (nSPS) is 12.4. The lowest BCUT2D eigenvalue weighted by Gasteiger charge is -2.22. The van der Waals surface area contributed by atoms with Gasteiger partial charge in [-0.3, -0.25) is 10.1 Å². The molecule has 29 heavy (non-hydrogen) atoms. The molecular formula is C20H16ClFN2O4S. The van der Waals surface area contributed by atoms with Crippen LogP contribution in [0.3, 0.4) is 0 Å². The predicted molar refractivity (Wildman–Crippen MR) is 110 cm³/mol. The molecule has 0 aliphatic rings. The molecule has 0 heterocycles. The highest BCUT2D eigenvalue weighted by Crippen LogP contribution is 2.32. The third-order valence-corrected chi connectivity index (χ3v) is 5.59. The summed E-state index contributed by atoms with van der Waals surface area (Å²) in [5.41, 5.74) is 1.10. The first-order valence-corrected chi connectivity index (χ1v) is 10.7. The van der Waals surface area contributed by atoms with E-state index < -0.39 is 37.2 Å². The molecule has 0 saturated heterocycles. The topological polar surface area (TPSA) is 89.3 Å². The molecule has 0 fully saturated rings. The van der Waals surface area contributed by atoms with Crippen molar-refractivity contribution < 1.29 is 17.7 Å². The van der Waals surface area contributed by atoms with Crippen molar-refractivity contribution in [3.63, 3.8) is 0 Å². The molecule has 3 rings (SSSR count). The minimum Gasteiger partial charge on any atom is -0.374 e. The number of nitro benzene ring substituents is 1. The van der Waals surface area contributed by atoms with Crippen molar-refractivity contribution in [1.82, 2.24) is 0 Å². The number of hydrogen-bond acceptors (Lipinski definition) is 5. The molecule has 1 unspecified atom stereocenters. The molecule has 6 nitrogen and oxygen atoms in total. The SMILES string of the molecule is CS(=O)(=O)c1cc(NC(c2cccc(F)c2)c2cccc(Cl)c2)ccc1[N+](=O)[O-]. The molecule has 0 saturated carbocycles. The second-order valence-electron chi connectivity index (χ2n) is 6.40. The zero-order valence-corrected chi connectivity index (χ0v) is 16.7. The van der Waals surface area contributed by atoms with E-state index in [0.29, 0.717) is 21.8 Å². The van der Waals surface area contributed by atoms with Crippen LogP contribution in [0.25, 0.3) is 0 Å². The number of rotatable bonds is 6. The Morgan fingerprint density at radius 2 is 1.69 bits per heavy atom. The molecule has 0 aromatic heterocycles. The first-order chi connectivity index (χ1) is 13.6. The number of anilines is 1. The molecule has 1 N–H and O–H groups in total. The number of benzene rings is 3. The quantitative estimate of drug-likeness (QED) is 0.436. The molecular weight excluding hydrogens is 419 g/mol. The summed E-state index contributed by atoms with van der Waals surface area (Å²) in [4.78, 5) is 10.0. The fraction of sp³-hybridized carbons (Fsp3) is 0.100. The molecule has 150 valence electrons. The van der Waals surface area contributed by atoms with Gasteiger partial charge in [0.15, 0.2) is 9.84 Å². The number of nitrogens with one attached hydrogen (secondary N) is 1. The number of hydrogen-bond donors (Lipinski definition) is 1. The maximum Gasteiger partial charge on any atom is 0.288 e. The largest absolute Gasteiger partial charge is 0.374 e. The zero-order chi connectivity index (χ0) is 21.2. The summed E-state index contributed by atoms with van der Waals surface area (Å²) in [6.45, 7) is 0. The van der Waals surface area contributed by atoms with Gasteiger partial charge in [0.1, 0.15) is 10.7 Å². The lowest BCUT2D eigenvalue weighted by atomic mass is 9.98. The highest BCUT2D eigenvalue weighted by Gasteiger charge is 2.24. The van der Waals surface area contributed by atoms with Crippen LogP contribution < -0.4 is 5.32 Å². The number of nitro groups is 1. The van der Waals surface area contributed by atoms with E-state index in [4.69, 9.17) is 11.6 Å². The van der Waals surface area contributed by atoms with E-state index in [0.717, 1.165) is 12.3 Å². The zero-order valence-electron chi connectivity index (χ0n) is 15.2. The molecule has 0 spiro atoms. The van der Waals surface area contributed by atoms with E-state index in [1.165, 1.54) is 24.3 Å². The highest BCUT2D eigenvalue weighted by molar-refractivity contribution is 7.90. The Kier molecular flexibility index (Phi) is 5.86. The van der Waals surface area contributed by atoms with E-state index >= 15 is 0 Å². The second kappa shape index (κ2) is 8.18. The Morgan fingerprint density at radius 3 is 2.28 bits per heavy atom. The van der Waals surface area contributed by atoms with Gasteiger partial charge in [0.2, 0.25) is 0 Å². The summed E-state index contributed by atoms with van der Waals surface area (Å²) < 4.78 is 37.9. The van der Waals surface area contributed by atoms with Crippen molar-refractivity contribution in [3.05, 3.63) is 98.8 Å². The van der Waals surface area contributed by atoms with E-state index in [1.807, 2.05) is 0 Å².